The first-order chi connectivity index (χ1) is 11.3. The molecule has 0 atom stereocenters. The van der Waals surface area contributed by atoms with Crippen LogP contribution >= 0.6 is 0 Å². The molecule has 116 valence electrons. The Morgan fingerprint density at radius 3 is 2.43 bits per heavy atom. The number of nitrogens with one attached hydrogen (secondary N) is 2. The zero-order valence-corrected chi connectivity index (χ0v) is 12.5. The molecule has 3 aromatic rings. The van der Waals surface area contributed by atoms with E-state index in [1.807, 2.05) is 36.4 Å². The van der Waals surface area contributed by atoms with Crippen LogP contribution in [-0.2, 0) is 13.1 Å². The van der Waals surface area contributed by atoms with Gasteiger partial charge in [-0.2, -0.15) is 4.98 Å². The molecule has 0 saturated heterocycles. The monoisotopic (exact) mass is 308 g/mol. The molecule has 0 unspecified atom stereocenters. The molecule has 0 amide bonds. The second-order valence-electron chi connectivity index (χ2n) is 5.05. The van der Waals surface area contributed by atoms with E-state index in [2.05, 4.69) is 20.6 Å². The first-order valence-corrected chi connectivity index (χ1v) is 7.39. The minimum absolute atomic E-state index is 0.225. The second kappa shape index (κ2) is 7.35. The van der Waals surface area contributed by atoms with Crippen LogP contribution in [-0.4, -0.2) is 9.97 Å². The van der Waals surface area contributed by atoms with Crippen molar-refractivity contribution in [1.82, 2.24) is 9.97 Å². The lowest BCUT2D eigenvalue weighted by molar-refractivity contribution is 0.613. The van der Waals surface area contributed by atoms with Crippen LogP contribution in [0.3, 0.4) is 0 Å². The van der Waals surface area contributed by atoms with E-state index in [0.717, 1.165) is 5.56 Å². The third-order valence-electron chi connectivity index (χ3n) is 3.37. The Bertz CT molecular complexity index is 762. The zero-order chi connectivity index (χ0) is 15.9. The van der Waals surface area contributed by atoms with Crippen molar-refractivity contribution in [2.24, 2.45) is 0 Å². The van der Waals surface area contributed by atoms with Crippen molar-refractivity contribution in [3.63, 3.8) is 0 Å². The largest absolute Gasteiger partial charge is 0.366 e. The summed E-state index contributed by atoms with van der Waals surface area (Å²) >= 11 is 0. The lowest BCUT2D eigenvalue weighted by Crippen LogP contribution is -2.07. The Morgan fingerprint density at radius 2 is 1.61 bits per heavy atom. The lowest BCUT2D eigenvalue weighted by atomic mass is 10.2. The zero-order valence-electron chi connectivity index (χ0n) is 12.5. The van der Waals surface area contributed by atoms with Gasteiger partial charge in [-0.25, -0.2) is 9.37 Å². The maximum absolute atomic E-state index is 13.6. The van der Waals surface area contributed by atoms with Crippen molar-refractivity contribution in [1.29, 1.82) is 0 Å². The average Bonchev–Trinajstić information content (AvgIpc) is 2.61. The maximum atomic E-state index is 13.6. The van der Waals surface area contributed by atoms with Crippen molar-refractivity contribution in [3.05, 3.63) is 83.8 Å². The Morgan fingerprint density at radius 1 is 0.826 bits per heavy atom. The highest BCUT2D eigenvalue weighted by Crippen LogP contribution is 2.11. The number of aromatic nitrogens is 2. The van der Waals surface area contributed by atoms with Gasteiger partial charge < -0.3 is 10.6 Å². The summed E-state index contributed by atoms with van der Waals surface area (Å²) in [6.45, 7) is 1.03. The highest BCUT2D eigenvalue weighted by atomic mass is 19.1. The number of hydrogen-bond acceptors (Lipinski definition) is 4. The quantitative estimate of drug-likeness (QED) is 0.726. The molecular formula is C18H17FN4. The van der Waals surface area contributed by atoms with Crippen molar-refractivity contribution < 1.29 is 4.39 Å². The molecule has 5 heteroatoms. The standard InChI is InChI=1S/C18H17FN4/c19-16-9-5-4-8-15(16)13-21-17-10-11-20-18(23-17)22-12-14-6-2-1-3-7-14/h1-11H,12-13H2,(H2,20,21,22,23). The molecule has 2 N–H and O–H groups in total. The SMILES string of the molecule is Fc1ccccc1CNc1ccnc(NCc2ccccc2)n1. The van der Waals surface area contributed by atoms with Crippen molar-refractivity contribution in [2.75, 3.05) is 10.6 Å². The number of nitrogens with zero attached hydrogens (tertiary/aromatic N) is 2. The minimum Gasteiger partial charge on any atom is -0.366 e. The van der Waals surface area contributed by atoms with E-state index in [0.29, 0.717) is 30.4 Å². The molecule has 2 aromatic carbocycles. The van der Waals surface area contributed by atoms with Gasteiger partial charge in [0.25, 0.3) is 0 Å². The van der Waals surface area contributed by atoms with E-state index < -0.39 is 0 Å². The lowest BCUT2D eigenvalue weighted by Gasteiger charge is -2.09. The van der Waals surface area contributed by atoms with Gasteiger partial charge in [-0.05, 0) is 17.7 Å². The summed E-state index contributed by atoms with van der Waals surface area (Å²) in [5.41, 5.74) is 1.76. The van der Waals surface area contributed by atoms with Crippen LogP contribution in [0.15, 0.2) is 66.9 Å². The Kier molecular flexibility index (Phi) is 4.79. The molecule has 0 aliphatic heterocycles. The van der Waals surface area contributed by atoms with Crippen LogP contribution in [0.4, 0.5) is 16.2 Å². The fourth-order valence-corrected chi connectivity index (χ4v) is 2.15. The Labute approximate surface area is 134 Å². The molecule has 0 aliphatic carbocycles. The summed E-state index contributed by atoms with van der Waals surface area (Å²) in [4.78, 5) is 8.57. The van der Waals surface area contributed by atoms with E-state index in [9.17, 15) is 4.39 Å². The Balaban J connectivity index is 1.60. The van der Waals surface area contributed by atoms with Gasteiger partial charge >= 0.3 is 0 Å². The molecule has 4 nitrogen and oxygen atoms in total. The third kappa shape index (κ3) is 4.26. The summed E-state index contributed by atoms with van der Waals surface area (Å²) in [6.07, 6.45) is 1.67. The van der Waals surface area contributed by atoms with Gasteiger partial charge in [0, 0.05) is 24.8 Å². The summed E-state index contributed by atoms with van der Waals surface area (Å²) in [5, 5.41) is 6.28. The highest BCUT2D eigenvalue weighted by Gasteiger charge is 2.02. The molecule has 1 aromatic heterocycles. The first kappa shape index (κ1) is 15.0. The summed E-state index contributed by atoms with van der Waals surface area (Å²) in [6, 6.07) is 18.5. The molecule has 0 spiro atoms. The smallest absolute Gasteiger partial charge is 0.224 e. The van der Waals surface area contributed by atoms with Gasteiger partial charge in [-0.3, -0.25) is 0 Å². The van der Waals surface area contributed by atoms with Gasteiger partial charge in [-0.15, -0.1) is 0 Å². The highest BCUT2D eigenvalue weighted by molar-refractivity contribution is 5.40. The predicted octanol–water partition coefficient (Wildman–Crippen LogP) is 3.84. The van der Waals surface area contributed by atoms with Crippen molar-refractivity contribution >= 4 is 11.8 Å². The number of benzene rings is 2. The Hall–Kier alpha value is -2.95. The van der Waals surface area contributed by atoms with Crippen LogP contribution in [0.1, 0.15) is 11.1 Å². The van der Waals surface area contributed by atoms with Crippen molar-refractivity contribution in [2.45, 2.75) is 13.1 Å². The summed E-state index contributed by atoms with van der Waals surface area (Å²) in [7, 11) is 0. The van der Waals surface area contributed by atoms with Crippen LogP contribution < -0.4 is 10.6 Å². The van der Waals surface area contributed by atoms with E-state index in [1.54, 1.807) is 24.4 Å². The van der Waals surface area contributed by atoms with Crippen LogP contribution in [0.2, 0.25) is 0 Å². The molecule has 1 heterocycles. The topological polar surface area (TPSA) is 49.8 Å². The van der Waals surface area contributed by atoms with Crippen LogP contribution in [0.25, 0.3) is 0 Å². The number of rotatable bonds is 6. The van der Waals surface area contributed by atoms with Gasteiger partial charge in [0.1, 0.15) is 11.6 Å². The predicted molar refractivity (Wildman–Crippen MR) is 89.5 cm³/mol. The number of hydrogen-bond donors (Lipinski definition) is 2. The van der Waals surface area contributed by atoms with E-state index in [4.69, 9.17) is 0 Å². The molecule has 0 aliphatic rings. The van der Waals surface area contributed by atoms with Gasteiger partial charge in [0.15, 0.2) is 0 Å². The van der Waals surface area contributed by atoms with Crippen molar-refractivity contribution in [3.8, 4) is 0 Å². The molecule has 0 radical (unpaired) electrons. The maximum Gasteiger partial charge on any atom is 0.224 e. The molecular weight excluding hydrogens is 291 g/mol. The van der Waals surface area contributed by atoms with Crippen LogP contribution in [0.5, 0.6) is 0 Å². The molecule has 0 fully saturated rings. The fourth-order valence-electron chi connectivity index (χ4n) is 2.15. The molecule has 0 bridgehead atoms. The molecule has 23 heavy (non-hydrogen) atoms. The fraction of sp³-hybridized carbons (Fsp3) is 0.111. The second-order valence-corrected chi connectivity index (χ2v) is 5.05. The first-order valence-electron chi connectivity index (χ1n) is 7.39. The van der Waals surface area contributed by atoms with Crippen LogP contribution in [0, 0.1) is 5.82 Å². The number of halogens is 1. The van der Waals surface area contributed by atoms with Gasteiger partial charge in [0.05, 0.1) is 0 Å². The molecule has 3 rings (SSSR count). The number of anilines is 2. The van der Waals surface area contributed by atoms with Gasteiger partial charge in [0.2, 0.25) is 5.95 Å². The average molecular weight is 308 g/mol. The molecule has 0 saturated carbocycles. The third-order valence-corrected chi connectivity index (χ3v) is 3.37. The summed E-state index contributed by atoms with van der Waals surface area (Å²) < 4.78 is 13.6. The minimum atomic E-state index is -0.225. The normalized spacial score (nSPS) is 10.3. The summed E-state index contributed by atoms with van der Waals surface area (Å²) in [5.74, 6) is 0.961. The van der Waals surface area contributed by atoms with E-state index in [1.165, 1.54) is 6.07 Å². The van der Waals surface area contributed by atoms with E-state index >= 15 is 0 Å². The van der Waals surface area contributed by atoms with E-state index in [-0.39, 0.29) is 5.82 Å². The van der Waals surface area contributed by atoms with Gasteiger partial charge in [-0.1, -0.05) is 48.5 Å².